The van der Waals surface area contributed by atoms with Crippen LogP contribution in [-0.2, 0) is 0 Å². The van der Waals surface area contributed by atoms with E-state index in [1.54, 1.807) is 0 Å². The molecule has 52 heavy (non-hydrogen) atoms. The van der Waals surface area contributed by atoms with E-state index in [4.69, 9.17) is 19.1 Å². The van der Waals surface area contributed by atoms with E-state index in [2.05, 4.69) is 77.4 Å². The Bertz CT molecular complexity index is 3340. The monoisotopic (exact) mass is 684 g/mol. The molecule has 242 valence electrons. The van der Waals surface area contributed by atoms with Crippen molar-refractivity contribution in [1.82, 2.24) is 19.5 Å². The summed E-state index contributed by atoms with van der Waals surface area (Å²) in [6, 6.07) is 48.8. The summed E-state index contributed by atoms with van der Waals surface area (Å²) >= 11 is 1.45. The smallest absolute Gasteiger partial charge is 0.164 e. The van der Waals surface area contributed by atoms with E-state index in [0.717, 1.165) is 75.8 Å². The molecule has 0 bridgehead atoms. The molecule has 0 N–H and O–H groups in total. The highest BCUT2D eigenvalue weighted by atomic mass is 32.1. The largest absolute Gasteiger partial charge is 0.309 e. The van der Waals surface area contributed by atoms with Crippen molar-refractivity contribution >= 4 is 74.9 Å². The molecule has 11 aromatic rings. The predicted molar refractivity (Wildman–Crippen MR) is 218 cm³/mol. The standard InChI is InChI=1S/C47H28N4S/c1-3-14-30(15-4-1)45-48-46(31-16-5-2-6-17-31)50-47(49-45)32-23-26-33(27-24-32)51-38-28-25-29-13-7-8-18-34(29)40(38)42-41-37-21-11-12-22-39(37)52-44(41)36-20-10-9-19-35(36)43(42)51/h1-28H/i11D,12D,21D,22D. The SMILES string of the molecule is [2H]c1c([2H])c([2H])c2c(sc3c4ccccc4c4c(c32)c2c3ccccc3ccc2n4-c2ccc(-c3nc(-c4ccccc4)nc(-c4ccccc4)n3)cc2)c1[2H]. The van der Waals surface area contributed by atoms with Gasteiger partial charge < -0.3 is 4.57 Å². The molecule has 11 rings (SSSR count). The van der Waals surface area contributed by atoms with Crippen molar-refractivity contribution < 1.29 is 5.48 Å². The molecule has 3 aromatic heterocycles. The van der Waals surface area contributed by atoms with Crippen molar-refractivity contribution in [2.24, 2.45) is 0 Å². The zero-order valence-electron chi connectivity index (χ0n) is 31.6. The first kappa shape index (κ1) is 25.3. The maximum Gasteiger partial charge on any atom is 0.164 e. The van der Waals surface area contributed by atoms with Crippen molar-refractivity contribution in [2.45, 2.75) is 0 Å². The molecule has 0 aliphatic rings. The van der Waals surface area contributed by atoms with Crippen molar-refractivity contribution in [1.29, 1.82) is 0 Å². The zero-order chi connectivity index (χ0) is 37.7. The minimum atomic E-state index is -0.225. The normalized spacial score (nSPS) is 12.9. The van der Waals surface area contributed by atoms with E-state index in [9.17, 15) is 1.37 Å². The van der Waals surface area contributed by atoms with Crippen LogP contribution in [0.4, 0.5) is 0 Å². The molecule has 3 heterocycles. The fraction of sp³-hybridized carbons (Fsp3) is 0. The molecule has 0 aliphatic heterocycles. The molecule has 0 unspecified atom stereocenters. The highest BCUT2D eigenvalue weighted by Gasteiger charge is 2.23. The second-order valence-electron chi connectivity index (χ2n) is 12.9. The molecule has 4 nitrogen and oxygen atoms in total. The Hall–Kier alpha value is -6.69. The first-order valence-electron chi connectivity index (χ1n) is 19.1. The summed E-state index contributed by atoms with van der Waals surface area (Å²) in [6.45, 7) is 0. The van der Waals surface area contributed by atoms with Gasteiger partial charge in [0, 0.05) is 64.1 Å². The van der Waals surface area contributed by atoms with Crippen LogP contribution in [0.25, 0.3) is 103 Å². The number of rotatable bonds is 4. The average Bonchev–Trinajstić information content (AvgIpc) is 3.83. The molecular weight excluding hydrogens is 653 g/mol. The maximum absolute atomic E-state index is 9.19. The van der Waals surface area contributed by atoms with Gasteiger partial charge in [-0.3, -0.25) is 0 Å². The summed E-state index contributed by atoms with van der Waals surface area (Å²) < 4.78 is 39.1. The van der Waals surface area contributed by atoms with Gasteiger partial charge in [-0.15, -0.1) is 11.3 Å². The van der Waals surface area contributed by atoms with Crippen LogP contribution in [-0.4, -0.2) is 19.5 Å². The number of aromatic nitrogens is 4. The van der Waals surface area contributed by atoms with Gasteiger partial charge in [0.1, 0.15) is 0 Å². The molecule has 0 saturated carbocycles. The number of fused-ring (bicyclic) bond motifs is 12. The van der Waals surface area contributed by atoms with E-state index < -0.39 is 0 Å². The quantitative estimate of drug-likeness (QED) is 0.185. The van der Waals surface area contributed by atoms with Gasteiger partial charge in [-0.1, -0.05) is 133 Å². The molecular formula is C47H28N4S. The van der Waals surface area contributed by atoms with Gasteiger partial charge in [-0.25, -0.2) is 15.0 Å². The van der Waals surface area contributed by atoms with E-state index in [0.29, 0.717) is 27.6 Å². The fourth-order valence-corrected chi connectivity index (χ4v) is 8.82. The van der Waals surface area contributed by atoms with E-state index in [-0.39, 0.29) is 24.2 Å². The number of thiophene rings is 1. The lowest BCUT2D eigenvalue weighted by Crippen LogP contribution is -2.00. The van der Waals surface area contributed by atoms with E-state index >= 15 is 0 Å². The first-order valence-corrected chi connectivity index (χ1v) is 17.9. The Balaban J connectivity index is 1.22. The Morgan fingerprint density at radius 1 is 0.462 bits per heavy atom. The molecule has 0 atom stereocenters. The lowest BCUT2D eigenvalue weighted by atomic mass is 9.97. The second kappa shape index (κ2) is 11.4. The van der Waals surface area contributed by atoms with Crippen LogP contribution >= 0.6 is 11.3 Å². The van der Waals surface area contributed by atoms with Crippen LogP contribution < -0.4 is 0 Å². The van der Waals surface area contributed by atoms with Gasteiger partial charge in [0.05, 0.1) is 16.5 Å². The first-order chi connectivity index (χ1) is 27.5. The summed E-state index contributed by atoms with van der Waals surface area (Å²) in [5, 5.41) is 7.65. The lowest BCUT2D eigenvalue weighted by Gasteiger charge is -2.12. The molecule has 0 saturated heterocycles. The topological polar surface area (TPSA) is 43.6 Å². The highest BCUT2D eigenvalue weighted by Crippen LogP contribution is 2.49. The lowest BCUT2D eigenvalue weighted by molar-refractivity contribution is 1.07. The van der Waals surface area contributed by atoms with Gasteiger partial charge in [-0.2, -0.15) is 0 Å². The van der Waals surface area contributed by atoms with Crippen molar-refractivity contribution in [3.8, 4) is 39.9 Å². The summed E-state index contributed by atoms with van der Waals surface area (Å²) in [5.41, 5.74) is 5.59. The Labute approximate surface area is 308 Å². The summed E-state index contributed by atoms with van der Waals surface area (Å²) in [4.78, 5) is 14.8. The van der Waals surface area contributed by atoms with Gasteiger partial charge >= 0.3 is 0 Å². The third kappa shape index (κ3) is 4.36. The Kier molecular flexibility index (Phi) is 5.55. The molecule has 0 fully saturated rings. The highest BCUT2D eigenvalue weighted by molar-refractivity contribution is 7.27. The molecule has 0 spiro atoms. The molecule has 0 amide bonds. The fourth-order valence-electron chi connectivity index (χ4n) is 7.66. The third-order valence-corrected chi connectivity index (χ3v) is 11.1. The van der Waals surface area contributed by atoms with Crippen molar-refractivity contribution in [3.05, 3.63) is 170 Å². The average molecular weight is 685 g/mol. The van der Waals surface area contributed by atoms with Gasteiger partial charge in [0.2, 0.25) is 0 Å². The van der Waals surface area contributed by atoms with E-state index in [1.807, 2.05) is 72.8 Å². The molecule has 0 radical (unpaired) electrons. The van der Waals surface area contributed by atoms with Crippen LogP contribution in [0.15, 0.2) is 170 Å². The maximum atomic E-state index is 9.19. The molecule has 5 heteroatoms. The van der Waals surface area contributed by atoms with E-state index in [1.165, 1.54) is 11.3 Å². The third-order valence-electron chi connectivity index (χ3n) is 9.95. The van der Waals surface area contributed by atoms with Gasteiger partial charge in [-0.05, 0) is 47.1 Å². The summed E-state index contributed by atoms with van der Waals surface area (Å²) in [7, 11) is 0. The molecule has 8 aromatic carbocycles. The second-order valence-corrected chi connectivity index (χ2v) is 13.9. The summed E-state index contributed by atoms with van der Waals surface area (Å²) in [6.07, 6.45) is 0. The minimum absolute atomic E-state index is 0.00668. The van der Waals surface area contributed by atoms with Crippen molar-refractivity contribution in [2.75, 3.05) is 0 Å². The summed E-state index contributed by atoms with van der Waals surface area (Å²) in [5.74, 6) is 1.78. The van der Waals surface area contributed by atoms with Crippen LogP contribution in [0.3, 0.4) is 0 Å². The number of benzene rings is 8. The number of hydrogen-bond donors (Lipinski definition) is 0. The van der Waals surface area contributed by atoms with Crippen LogP contribution in [0.1, 0.15) is 5.48 Å². The van der Waals surface area contributed by atoms with Crippen molar-refractivity contribution in [3.63, 3.8) is 0 Å². The van der Waals surface area contributed by atoms with Crippen LogP contribution in [0.2, 0.25) is 0 Å². The minimum Gasteiger partial charge on any atom is -0.309 e. The predicted octanol–water partition coefficient (Wildman–Crippen LogP) is 12.6. The van der Waals surface area contributed by atoms with Crippen LogP contribution in [0, 0.1) is 0 Å². The van der Waals surface area contributed by atoms with Crippen LogP contribution in [0.5, 0.6) is 0 Å². The Morgan fingerprint density at radius 3 is 1.73 bits per heavy atom. The van der Waals surface area contributed by atoms with Gasteiger partial charge in [0.15, 0.2) is 17.5 Å². The van der Waals surface area contributed by atoms with Gasteiger partial charge in [0.25, 0.3) is 0 Å². The Morgan fingerprint density at radius 2 is 1.04 bits per heavy atom. The number of nitrogens with zero attached hydrogens (tertiary/aromatic N) is 4. The molecule has 0 aliphatic carbocycles. The number of hydrogen-bond acceptors (Lipinski definition) is 4. The zero-order valence-corrected chi connectivity index (χ0v) is 28.4.